The molecular weight excluding hydrogens is 262 g/mol. The van der Waals surface area contributed by atoms with Crippen molar-refractivity contribution in [2.45, 2.75) is 25.8 Å². The van der Waals surface area contributed by atoms with Gasteiger partial charge >= 0.3 is 12.0 Å². The van der Waals surface area contributed by atoms with Crippen molar-refractivity contribution < 1.29 is 19.5 Å². The van der Waals surface area contributed by atoms with Gasteiger partial charge in [-0.15, -0.1) is 12.3 Å². The maximum Gasteiger partial charge on any atom is 0.327 e. The van der Waals surface area contributed by atoms with Gasteiger partial charge in [0, 0.05) is 39.5 Å². The molecule has 0 saturated carbocycles. The number of urea groups is 1. The maximum atomic E-state index is 12.0. The molecule has 0 aliphatic carbocycles. The van der Waals surface area contributed by atoms with Gasteiger partial charge in [0.1, 0.15) is 6.04 Å². The van der Waals surface area contributed by atoms with E-state index in [-0.39, 0.29) is 12.3 Å². The highest BCUT2D eigenvalue weighted by Gasteiger charge is 2.24. The molecule has 0 radical (unpaired) electrons. The predicted molar refractivity (Wildman–Crippen MR) is 71.8 cm³/mol. The molecule has 0 spiro atoms. The van der Waals surface area contributed by atoms with Gasteiger partial charge in [-0.1, -0.05) is 0 Å². The molecule has 2 N–H and O–H groups in total. The number of carbonyl (C=O) groups is 3. The highest BCUT2D eigenvalue weighted by molar-refractivity contribution is 5.83. The number of carboxylic acids is 1. The number of rotatable bonds is 3. The van der Waals surface area contributed by atoms with Gasteiger partial charge in [0.05, 0.1) is 0 Å². The minimum Gasteiger partial charge on any atom is -0.480 e. The summed E-state index contributed by atoms with van der Waals surface area (Å²) in [5.41, 5.74) is 0. The van der Waals surface area contributed by atoms with E-state index in [0.29, 0.717) is 32.6 Å². The summed E-state index contributed by atoms with van der Waals surface area (Å²) in [6.07, 6.45) is 5.68. The van der Waals surface area contributed by atoms with E-state index in [1.807, 2.05) is 0 Å². The van der Waals surface area contributed by atoms with E-state index in [1.165, 1.54) is 11.8 Å². The number of carbonyl (C=O) groups excluding carboxylic acids is 2. The molecule has 0 aromatic carbocycles. The molecule has 1 atom stereocenters. The zero-order valence-corrected chi connectivity index (χ0v) is 11.5. The molecule has 20 heavy (non-hydrogen) atoms. The second kappa shape index (κ2) is 7.38. The highest BCUT2D eigenvalue weighted by Crippen LogP contribution is 2.04. The number of terminal acetylenes is 1. The molecule has 1 saturated heterocycles. The van der Waals surface area contributed by atoms with E-state index >= 15 is 0 Å². The van der Waals surface area contributed by atoms with Crippen LogP contribution in [0.3, 0.4) is 0 Å². The Bertz CT molecular complexity index is 430. The largest absolute Gasteiger partial charge is 0.480 e. The zero-order valence-electron chi connectivity index (χ0n) is 11.5. The molecule has 0 bridgehead atoms. The molecule has 1 aliphatic heterocycles. The quantitative estimate of drug-likeness (QED) is 0.697. The molecule has 1 rings (SSSR count). The molecule has 1 fully saturated rings. The van der Waals surface area contributed by atoms with E-state index in [1.54, 1.807) is 4.90 Å². The monoisotopic (exact) mass is 281 g/mol. The average molecular weight is 281 g/mol. The zero-order chi connectivity index (χ0) is 15.1. The number of hydrogen-bond acceptors (Lipinski definition) is 3. The fourth-order valence-corrected chi connectivity index (χ4v) is 1.99. The van der Waals surface area contributed by atoms with Crippen LogP contribution >= 0.6 is 0 Å². The summed E-state index contributed by atoms with van der Waals surface area (Å²) in [6, 6.07) is -1.54. The second-order valence-electron chi connectivity index (χ2n) is 4.60. The van der Waals surface area contributed by atoms with E-state index < -0.39 is 18.0 Å². The molecule has 3 amide bonds. The average Bonchev–Trinajstić information content (AvgIpc) is 2.63. The highest BCUT2D eigenvalue weighted by atomic mass is 16.4. The number of carboxylic acid groups (broad SMARTS) is 1. The number of aliphatic carboxylic acids is 1. The molecule has 1 heterocycles. The van der Waals surface area contributed by atoms with Gasteiger partial charge in [-0.3, -0.25) is 4.79 Å². The summed E-state index contributed by atoms with van der Waals surface area (Å²) in [5.74, 6) is 1.04. The van der Waals surface area contributed by atoms with Crippen LogP contribution in [0.25, 0.3) is 0 Å². The third-order valence-electron chi connectivity index (χ3n) is 3.15. The first kappa shape index (κ1) is 15.8. The van der Waals surface area contributed by atoms with Gasteiger partial charge < -0.3 is 20.2 Å². The lowest BCUT2D eigenvalue weighted by molar-refractivity contribution is -0.139. The van der Waals surface area contributed by atoms with Crippen molar-refractivity contribution in [1.29, 1.82) is 0 Å². The van der Waals surface area contributed by atoms with E-state index in [9.17, 15) is 14.4 Å². The van der Waals surface area contributed by atoms with Crippen LogP contribution in [0.5, 0.6) is 0 Å². The summed E-state index contributed by atoms with van der Waals surface area (Å²) in [6.45, 7) is 3.41. The van der Waals surface area contributed by atoms with Crippen molar-refractivity contribution in [3.8, 4) is 12.3 Å². The van der Waals surface area contributed by atoms with Crippen LogP contribution in [0.4, 0.5) is 4.79 Å². The summed E-state index contributed by atoms with van der Waals surface area (Å²) >= 11 is 0. The van der Waals surface area contributed by atoms with Gasteiger partial charge in [0.2, 0.25) is 5.91 Å². The standard InChI is InChI=1S/C13H19N3O4/c1-3-5-11(12(18)19)14-13(20)16-7-4-6-15(8-9-16)10(2)17/h1,11H,4-9H2,2H3,(H,14,20)(H,18,19). The molecule has 7 nitrogen and oxygen atoms in total. The third kappa shape index (κ3) is 4.46. The van der Waals surface area contributed by atoms with Crippen LogP contribution in [0.2, 0.25) is 0 Å². The van der Waals surface area contributed by atoms with Gasteiger partial charge in [-0.2, -0.15) is 0 Å². The Balaban J connectivity index is 2.57. The summed E-state index contributed by atoms with van der Waals surface area (Å²) < 4.78 is 0. The van der Waals surface area contributed by atoms with Crippen molar-refractivity contribution in [2.75, 3.05) is 26.2 Å². The van der Waals surface area contributed by atoms with Crippen LogP contribution in [-0.4, -0.2) is 65.0 Å². The van der Waals surface area contributed by atoms with E-state index in [2.05, 4.69) is 11.2 Å². The third-order valence-corrected chi connectivity index (χ3v) is 3.15. The lowest BCUT2D eigenvalue weighted by atomic mass is 10.2. The summed E-state index contributed by atoms with van der Waals surface area (Å²) in [4.78, 5) is 37.4. The lowest BCUT2D eigenvalue weighted by Gasteiger charge is -2.23. The molecule has 0 aromatic rings. The molecule has 0 aromatic heterocycles. The number of nitrogens with one attached hydrogen (secondary N) is 1. The molecular formula is C13H19N3O4. The van der Waals surface area contributed by atoms with Crippen molar-refractivity contribution in [1.82, 2.24) is 15.1 Å². The number of amides is 3. The van der Waals surface area contributed by atoms with Gasteiger partial charge in [0.15, 0.2) is 0 Å². The lowest BCUT2D eigenvalue weighted by Crippen LogP contribution is -2.48. The Morgan fingerprint density at radius 2 is 1.85 bits per heavy atom. The van der Waals surface area contributed by atoms with Crippen LogP contribution in [0.15, 0.2) is 0 Å². The number of hydrogen-bond donors (Lipinski definition) is 2. The SMILES string of the molecule is C#CCC(NC(=O)N1CCCN(C(C)=O)CC1)C(=O)O. The van der Waals surface area contributed by atoms with E-state index in [4.69, 9.17) is 11.5 Å². The first-order valence-corrected chi connectivity index (χ1v) is 6.43. The van der Waals surface area contributed by atoms with Crippen molar-refractivity contribution in [3.63, 3.8) is 0 Å². The van der Waals surface area contributed by atoms with Crippen molar-refractivity contribution >= 4 is 17.9 Å². The Kier molecular flexibility index (Phi) is 5.84. The van der Waals surface area contributed by atoms with Crippen LogP contribution in [-0.2, 0) is 9.59 Å². The Morgan fingerprint density at radius 3 is 2.40 bits per heavy atom. The molecule has 1 aliphatic rings. The van der Waals surface area contributed by atoms with Crippen LogP contribution in [0.1, 0.15) is 19.8 Å². The fraction of sp³-hybridized carbons (Fsp3) is 0.615. The Morgan fingerprint density at radius 1 is 1.25 bits per heavy atom. The minimum atomic E-state index is -1.16. The smallest absolute Gasteiger partial charge is 0.327 e. The second-order valence-corrected chi connectivity index (χ2v) is 4.60. The Labute approximate surface area is 117 Å². The van der Waals surface area contributed by atoms with Crippen molar-refractivity contribution in [2.24, 2.45) is 0 Å². The minimum absolute atomic E-state index is 0.0250. The Hall–Kier alpha value is -2.23. The van der Waals surface area contributed by atoms with Gasteiger partial charge in [-0.05, 0) is 6.42 Å². The van der Waals surface area contributed by atoms with Crippen LogP contribution < -0.4 is 5.32 Å². The van der Waals surface area contributed by atoms with Gasteiger partial charge in [0.25, 0.3) is 0 Å². The first-order chi connectivity index (χ1) is 9.45. The normalized spacial score (nSPS) is 16.8. The molecule has 7 heteroatoms. The first-order valence-electron chi connectivity index (χ1n) is 6.43. The molecule has 1 unspecified atom stereocenters. The van der Waals surface area contributed by atoms with Crippen molar-refractivity contribution in [3.05, 3.63) is 0 Å². The van der Waals surface area contributed by atoms with Crippen LogP contribution in [0, 0.1) is 12.3 Å². The van der Waals surface area contributed by atoms with Gasteiger partial charge in [-0.25, -0.2) is 9.59 Å². The number of nitrogens with zero attached hydrogens (tertiary/aromatic N) is 2. The predicted octanol–water partition coefficient (Wildman–Crippen LogP) is -0.273. The summed E-state index contributed by atoms with van der Waals surface area (Å²) in [5, 5.41) is 11.3. The molecule has 110 valence electrons. The van der Waals surface area contributed by atoms with E-state index in [0.717, 1.165) is 0 Å². The maximum absolute atomic E-state index is 12.0. The topological polar surface area (TPSA) is 90.0 Å². The fourth-order valence-electron chi connectivity index (χ4n) is 1.99. The summed E-state index contributed by atoms with van der Waals surface area (Å²) in [7, 11) is 0.